The number of hydrogen-bond acceptors (Lipinski definition) is 4. The summed E-state index contributed by atoms with van der Waals surface area (Å²) in [7, 11) is 0. The van der Waals surface area contributed by atoms with Gasteiger partial charge in [0, 0.05) is 25.5 Å². The number of nitrogens with one attached hydrogen (secondary N) is 1. The minimum atomic E-state index is -0.474. The Morgan fingerprint density at radius 2 is 2.35 bits per heavy atom. The number of allylic oxidation sites excluding steroid dienone is 1. The van der Waals surface area contributed by atoms with Crippen molar-refractivity contribution in [3.05, 3.63) is 41.7 Å². The molecule has 4 nitrogen and oxygen atoms in total. The number of pyridine rings is 1. The first-order valence-corrected chi connectivity index (χ1v) is 8.61. The van der Waals surface area contributed by atoms with E-state index in [1.807, 2.05) is 18.3 Å². The molecule has 1 heterocycles. The molecule has 4 heteroatoms. The molecular weight excluding hydrogens is 288 g/mol. The summed E-state index contributed by atoms with van der Waals surface area (Å²) in [6.07, 6.45) is 7.99. The van der Waals surface area contributed by atoms with Crippen LogP contribution in [0, 0.1) is 17.3 Å². The first-order valence-electron chi connectivity index (χ1n) is 8.61. The minimum Gasteiger partial charge on any atom is -0.389 e. The molecule has 1 fully saturated rings. The van der Waals surface area contributed by atoms with Crippen LogP contribution in [0.25, 0.3) is 0 Å². The van der Waals surface area contributed by atoms with E-state index in [0.29, 0.717) is 37.6 Å². The van der Waals surface area contributed by atoms with Crippen molar-refractivity contribution < 1.29 is 9.84 Å². The van der Waals surface area contributed by atoms with Crippen molar-refractivity contribution in [1.29, 1.82) is 0 Å². The molecule has 0 aromatic carbocycles. The lowest BCUT2D eigenvalue weighted by molar-refractivity contribution is -0.0235. The summed E-state index contributed by atoms with van der Waals surface area (Å²) in [5.74, 6) is 1.54. The van der Waals surface area contributed by atoms with Crippen molar-refractivity contribution in [2.45, 2.75) is 39.3 Å². The number of ether oxygens (including phenoxy) is 1. The molecular formula is C19H28N2O2. The van der Waals surface area contributed by atoms with E-state index >= 15 is 0 Å². The van der Waals surface area contributed by atoms with Crippen molar-refractivity contribution in [3.63, 3.8) is 0 Å². The highest BCUT2D eigenvalue weighted by Gasteiger charge is 2.50. The smallest absolute Gasteiger partial charge is 0.0897 e. The normalized spacial score (nSPS) is 26.3. The molecule has 0 aliphatic heterocycles. The van der Waals surface area contributed by atoms with E-state index in [0.717, 1.165) is 11.5 Å². The summed E-state index contributed by atoms with van der Waals surface area (Å²) >= 11 is 0. The summed E-state index contributed by atoms with van der Waals surface area (Å²) < 4.78 is 5.76. The second kappa shape index (κ2) is 7.12. The van der Waals surface area contributed by atoms with Crippen molar-refractivity contribution in [2.75, 3.05) is 19.8 Å². The van der Waals surface area contributed by atoms with E-state index in [2.05, 4.69) is 30.2 Å². The highest BCUT2D eigenvalue weighted by Crippen LogP contribution is 2.59. The third-order valence-electron chi connectivity index (χ3n) is 5.59. The maximum atomic E-state index is 10.0. The molecule has 2 bridgehead atoms. The monoisotopic (exact) mass is 316 g/mol. The molecule has 0 saturated heterocycles. The van der Waals surface area contributed by atoms with Gasteiger partial charge in [-0.05, 0) is 47.3 Å². The number of rotatable bonds is 8. The molecule has 0 amide bonds. The summed E-state index contributed by atoms with van der Waals surface area (Å²) in [6, 6.07) is 3.94. The molecule has 3 unspecified atom stereocenters. The number of nitrogens with zero attached hydrogens (tertiary/aromatic N) is 1. The van der Waals surface area contributed by atoms with E-state index in [9.17, 15) is 5.11 Å². The average molecular weight is 316 g/mol. The summed E-state index contributed by atoms with van der Waals surface area (Å²) in [4.78, 5) is 4.07. The number of aromatic nitrogens is 1. The van der Waals surface area contributed by atoms with Gasteiger partial charge in [0.15, 0.2) is 0 Å². The van der Waals surface area contributed by atoms with Gasteiger partial charge in [-0.2, -0.15) is 0 Å². The van der Waals surface area contributed by atoms with Gasteiger partial charge in [0.05, 0.1) is 19.3 Å². The molecule has 126 valence electrons. The fraction of sp³-hybridized carbons (Fsp3) is 0.632. The average Bonchev–Trinajstić information content (AvgIpc) is 2.56. The Labute approximate surface area is 139 Å². The second-order valence-corrected chi connectivity index (χ2v) is 7.48. The van der Waals surface area contributed by atoms with Crippen molar-refractivity contribution in [2.24, 2.45) is 17.3 Å². The highest BCUT2D eigenvalue weighted by atomic mass is 16.5. The Morgan fingerprint density at radius 3 is 3.04 bits per heavy atom. The Hall–Kier alpha value is -1.23. The zero-order valence-corrected chi connectivity index (χ0v) is 14.2. The topological polar surface area (TPSA) is 54.4 Å². The molecule has 0 radical (unpaired) electrons. The fourth-order valence-corrected chi connectivity index (χ4v) is 3.90. The van der Waals surface area contributed by atoms with Crippen LogP contribution in [0.5, 0.6) is 0 Å². The number of hydrogen-bond donors (Lipinski definition) is 2. The highest BCUT2D eigenvalue weighted by molar-refractivity contribution is 5.23. The Balaban J connectivity index is 1.32. The standard InChI is InChI=1S/C19H28N2O2/c1-19(2)16-6-5-15(18(19)8-16)12-23-13-17(22)11-21-10-14-4-3-7-20-9-14/h3-5,7,9,16-18,21-22H,6,8,10-13H2,1-2H3. The SMILES string of the molecule is CC1(C)C2CC=C(COCC(O)CNCc3cccnc3)C1C2. The van der Waals surface area contributed by atoms with Crippen LogP contribution in [0.15, 0.2) is 36.2 Å². The van der Waals surface area contributed by atoms with Gasteiger partial charge in [0.2, 0.25) is 0 Å². The summed E-state index contributed by atoms with van der Waals surface area (Å²) in [5.41, 5.74) is 3.00. The predicted octanol–water partition coefficient (Wildman–Crippen LogP) is 2.54. The number of aliphatic hydroxyl groups is 1. The predicted molar refractivity (Wildman–Crippen MR) is 90.8 cm³/mol. The lowest BCUT2D eigenvalue weighted by Gasteiger charge is -2.56. The van der Waals surface area contributed by atoms with Crippen molar-refractivity contribution in [1.82, 2.24) is 10.3 Å². The van der Waals surface area contributed by atoms with E-state index in [1.165, 1.54) is 18.4 Å². The number of aliphatic hydroxyl groups excluding tert-OH is 1. The van der Waals surface area contributed by atoms with Crippen LogP contribution in [-0.4, -0.2) is 36.0 Å². The van der Waals surface area contributed by atoms with Crippen LogP contribution in [0.2, 0.25) is 0 Å². The van der Waals surface area contributed by atoms with E-state index in [4.69, 9.17) is 4.74 Å². The van der Waals surface area contributed by atoms with Crippen LogP contribution < -0.4 is 5.32 Å². The molecule has 3 aliphatic carbocycles. The van der Waals surface area contributed by atoms with E-state index in [-0.39, 0.29) is 0 Å². The third kappa shape index (κ3) is 3.82. The minimum absolute atomic E-state index is 0.383. The second-order valence-electron chi connectivity index (χ2n) is 7.48. The first-order chi connectivity index (χ1) is 11.1. The van der Waals surface area contributed by atoms with E-state index < -0.39 is 6.10 Å². The Morgan fingerprint density at radius 1 is 1.48 bits per heavy atom. The molecule has 23 heavy (non-hydrogen) atoms. The third-order valence-corrected chi connectivity index (χ3v) is 5.59. The molecule has 1 aromatic heterocycles. The van der Waals surface area contributed by atoms with Gasteiger partial charge >= 0.3 is 0 Å². The number of fused-ring (bicyclic) bond motifs is 1. The van der Waals surface area contributed by atoms with Gasteiger partial charge in [0.25, 0.3) is 0 Å². The fourth-order valence-electron chi connectivity index (χ4n) is 3.90. The Bertz CT molecular complexity index is 542. The molecule has 3 atom stereocenters. The molecule has 4 rings (SSSR count). The van der Waals surface area contributed by atoms with Gasteiger partial charge in [0.1, 0.15) is 0 Å². The molecule has 2 N–H and O–H groups in total. The largest absolute Gasteiger partial charge is 0.389 e. The summed E-state index contributed by atoms with van der Waals surface area (Å²) in [6.45, 7) is 7.04. The molecule has 1 aromatic rings. The van der Waals surface area contributed by atoms with Crippen LogP contribution >= 0.6 is 0 Å². The van der Waals surface area contributed by atoms with Gasteiger partial charge < -0.3 is 15.2 Å². The maximum Gasteiger partial charge on any atom is 0.0897 e. The van der Waals surface area contributed by atoms with Crippen molar-refractivity contribution in [3.8, 4) is 0 Å². The lowest BCUT2D eigenvalue weighted by Crippen LogP contribution is -2.48. The Kier molecular flexibility index (Phi) is 5.14. The zero-order valence-electron chi connectivity index (χ0n) is 14.2. The van der Waals surface area contributed by atoms with E-state index in [1.54, 1.807) is 6.20 Å². The van der Waals surface area contributed by atoms with Crippen LogP contribution in [-0.2, 0) is 11.3 Å². The van der Waals surface area contributed by atoms with Gasteiger partial charge in [-0.25, -0.2) is 0 Å². The van der Waals surface area contributed by atoms with Crippen LogP contribution in [0.1, 0.15) is 32.3 Å². The van der Waals surface area contributed by atoms with Crippen LogP contribution in [0.4, 0.5) is 0 Å². The van der Waals surface area contributed by atoms with Gasteiger partial charge in [-0.3, -0.25) is 4.98 Å². The lowest BCUT2D eigenvalue weighted by atomic mass is 9.49. The zero-order chi connectivity index (χ0) is 16.3. The maximum absolute atomic E-state index is 10.0. The first kappa shape index (κ1) is 16.6. The van der Waals surface area contributed by atoms with Crippen LogP contribution in [0.3, 0.4) is 0 Å². The quantitative estimate of drug-likeness (QED) is 0.724. The molecule has 0 spiro atoms. The summed E-state index contributed by atoms with van der Waals surface area (Å²) in [5, 5.41) is 13.2. The molecule has 1 saturated carbocycles. The van der Waals surface area contributed by atoms with Gasteiger partial charge in [-0.1, -0.05) is 26.0 Å². The van der Waals surface area contributed by atoms with Crippen molar-refractivity contribution >= 4 is 0 Å². The van der Waals surface area contributed by atoms with Gasteiger partial charge in [-0.15, -0.1) is 0 Å². The molecule has 3 aliphatic rings.